The van der Waals surface area contributed by atoms with Crippen molar-refractivity contribution in [2.75, 3.05) is 13.2 Å². The van der Waals surface area contributed by atoms with Crippen molar-refractivity contribution in [3.63, 3.8) is 0 Å². The van der Waals surface area contributed by atoms with E-state index < -0.39 is 0 Å². The maximum absolute atomic E-state index is 11.2. The van der Waals surface area contributed by atoms with Crippen molar-refractivity contribution < 1.29 is 9.53 Å². The average Bonchev–Trinajstić information content (AvgIpc) is 2.26. The van der Waals surface area contributed by atoms with Crippen LogP contribution in [0, 0.1) is 0 Å². The lowest BCUT2D eigenvalue weighted by molar-refractivity contribution is 0.100. The summed E-state index contributed by atoms with van der Waals surface area (Å²) in [6, 6.07) is 7.05. The molecule has 84 valence electrons. The van der Waals surface area contributed by atoms with Gasteiger partial charge in [0.25, 0.3) is 0 Å². The van der Waals surface area contributed by atoms with Gasteiger partial charge in [0.1, 0.15) is 5.75 Å². The first-order valence-electron chi connectivity index (χ1n) is 4.74. The van der Waals surface area contributed by atoms with Gasteiger partial charge in [-0.3, -0.25) is 4.79 Å². The number of carbonyl (C=O) groups is 1. The largest absolute Gasteiger partial charge is 0.494 e. The number of ketones is 1. The molecule has 0 spiro atoms. The van der Waals surface area contributed by atoms with E-state index in [9.17, 15) is 4.79 Å². The molecule has 0 aliphatic heterocycles. The topological polar surface area (TPSA) is 52.3 Å². The van der Waals surface area contributed by atoms with Gasteiger partial charge in [-0.05, 0) is 30.7 Å². The second-order valence-electron chi connectivity index (χ2n) is 3.00. The molecule has 2 N–H and O–H groups in total. The monoisotopic (exact) mass is 273 g/mol. The highest BCUT2D eigenvalue weighted by Gasteiger charge is 2.02. The highest BCUT2D eigenvalue weighted by Crippen LogP contribution is 2.12. The third kappa shape index (κ3) is 4.44. The Morgan fingerprint density at radius 1 is 1.33 bits per heavy atom. The molecule has 0 atom stereocenters. The molecule has 1 aromatic rings. The fourth-order valence-electron chi connectivity index (χ4n) is 1.07. The molecule has 1 rings (SSSR count). The summed E-state index contributed by atoms with van der Waals surface area (Å²) < 4.78 is 5.38. The van der Waals surface area contributed by atoms with E-state index in [0.717, 1.165) is 12.2 Å². The zero-order chi connectivity index (χ0) is 10.4. The van der Waals surface area contributed by atoms with Crippen LogP contribution < -0.4 is 10.5 Å². The van der Waals surface area contributed by atoms with E-state index in [1.54, 1.807) is 24.3 Å². The first-order valence-corrected chi connectivity index (χ1v) is 4.74. The molecule has 0 radical (unpaired) electrons. The van der Waals surface area contributed by atoms with Gasteiger partial charge in [0, 0.05) is 5.56 Å². The van der Waals surface area contributed by atoms with Gasteiger partial charge in [-0.25, -0.2) is 0 Å². The molecule has 15 heavy (non-hydrogen) atoms. The third-order valence-corrected chi connectivity index (χ3v) is 1.83. The number of nitrogens with two attached hydrogens (primary N) is 1. The average molecular weight is 274 g/mol. The van der Waals surface area contributed by atoms with Crippen molar-refractivity contribution in [1.82, 2.24) is 0 Å². The van der Waals surface area contributed by atoms with Gasteiger partial charge >= 0.3 is 0 Å². The van der Waals surface area contributed by atoms with Crippen molar-refractivity contribution in [1.29, 1.82) is 0 Å². The van der Waals surface area contributed by atoms with Gasteiger partial charge in [-0.15, -0.1) is 17.0 Å². The van der Waals surface area contributed by atoms with Crippen LogP contribution in [0.1, 0.15) is 23.7 Å². The molecule has 0 aromatic heterocycles. The number of benzene rings is 1. The van der Waals surface area contributed by atoms with E-state index in [4.69, 9.17) is 10.5 Å². The standard InChI is InChI=1S/C11H15NO2.BrH/c1-2-7-14-10-5-3-9(4-6-10)11(13)8-12;/h3-6H,2,7-8,12H2,1H3;1H. The summed E-state index contributed by atoms with van der Waals surface area (Å²) in [5.41, 5.74) is 5.88. The fraction of sp³-hybridized carbons (Fsp3) is 0.364. The third-order valence-electron chi connectivity index (χ3n) is 1.83. The van der Waals surface area contributed by atoms with Crippen molar-refractivity contribution in [3.05, 3.63) is 29.8 Å². The van der Waals surface area contributed by atoms with Crippen molar-refractivity contribution in [2.24, 2.45) is 5.73 Å². The molecule has 1 aromatic carbocycles. The first-order chi connectivity index (χ1) is 6.77. The summed E-state index contributed by atoms with van der Waals surface area (Å²) in [7, 11) is 0. The SMILES string of the molecule is Br.CCCOc1ccc(C(=O)CN)cc1. The summed E-state index contributed by atoms with van der Waals surface area (Å²) in [6.45, 7) is 2.80. The number of rotatable bonds is 5. The van der Waals surface area contributed by atoms with Gasteiger partial charge in [-0.1, -0.05) is 6.92 Å². The molecule has 0 saturated heterocycles. The summed E-state index contributed by atoms with van der Waals surface area (Å²) in [4.78, 5) is 11.2. The Morgan fingerprint density at radius 3 is 2.40 bits per heavy atom. The summed E-state index contributed by atoms with van der Waals surface area (Å²) in [5.74, 6) is 0.743. The van der Waals surface area contributed by atoms with Crippen molar-refractivity contribution in [3.8, 4) is 5.75 Å². The molecule has 0 aliphatic carbocycles. The summed E-state index contributed by atoms with van der Waals surface area (Å²) in [5, 5.41) is 0. The molecule has 4 heteroatoms. The highest BCUT2D eigenvalue weighted by atomic mass is 79.9. The number of ether oxygens (including phenoxy) is 1. The molecule has 0 heterocycles. The highest BCUT2D eigenvalue weighted by molar-refractivity contribution is 8.93. The molecule has 0 unspecified atom stereocenters. The number of hydrogen-bond acceptors (Lipinski definition) is 3. The van der Waals surface area contributed by atoms with E-state index in [0.29, 0.717) is 12.2 Å². The van der Waals surface area contributed by atoms with Gasteiger partial charge in [0.2, 0.25) is 0 Å². The molecule has 0 fully saturated rings. The smallest absolute Gasteiger partial charge is 0.176 e. The zero-order valence-corrected chi connectivity index (χ0v) is 10.4. The Bertz CT molecular complexity index is 298. The van der Waals surface area contributed by atoms with Crippen LogP contribution in [0.25, 0.3) is 0 Å². The maximum Gasteiger partial charge on any atom is 0.176 e. The van der Waals surface area contributed by atoms with Gasteiger partial charge < -0.3 is 10.5 Å². The predicted octanol–water partition coefficient (Wildman–Crippen LogP) is 2.19. The lowest BCUT2D eigenvalue weighted by Crippen LogP contribution is -2.13. The van der Waals surface area contributed by atoms with E-state index in [-0.39, 0.29) is 29.3 Å². The van der Waals surface area contributed by atoms with Crippen LogP contribution in [0.3, 0.4) is 0 Å². The van der Waals surface area contributed by atoms with E-state index >= 15 is 0 Å². The van der Waals surface area contributed by atoms with Crippen LogP contribution in [-0.4, -0.2) is 18.9 Å². The van der Waals surface area contributed by atoms with Crippen LogP contribution in [0.2, 0.25) is 0 Å². The minimum Gasteiger partial charge on any atom is -0.494 e. The molecule has 0 aliphatic rings. The van der Waals surface area contributed by atoms with Crippen LogP contribution in [0.5, 0.6) is 5.75 Å². The lowest BCUT2D eigenvalue weighted by Gasteiger charge is -2.04. The first kappa shape index (κ1) is 14.1. The summed E-state index contributed by atoms with van der Waals surface area (Å²) >= 11 is 0. The summed E-state index contributed by atoms with van der Waals surface area (Å²) in [6.07, 6.45) is 0.976. The van der Waals surface area contributed by atoms with Gasteiger partial charge in [0.05, 0.1) is 13.2 Å². The van der Waals surface area contributed by atoms with E-state index in [2.05, 4.69) is 0 Å². The minimum absolute atomic E-state index is 0. The van der Waals surface area contributed by atoms with Crippen LogP contribution in [0.4, 0.5) is 0 Å². The van der Waals surface area contributed by atoms with Crippen LogP contribution in [0.15, 0.2) is 24.3 Å². The Balaban J connectivity index is 0.00000196. The van der Waals surface area contributed by atoms with Gasteiger partial charge in [-0.2, -0.15) is 0 Å². The Kier molecular flexibility index (Phi) is 6.99. The van der Waals surface area contributed by atoms with Gasteiger partial charge in [0.15, 0.2) is 5.78 Å². The number of halogens is 1. The molecule has 3 nitrogen and oxygen atoms in total. The normalized spacial score (nSPS) is 9.20. The minimum atomic E-state index is -0.0490. The lowest BCUT2D eigenvalue weighted by atomic mass is 10.1. The molecular formula is C11H16BrNO2. The van der Waals surface area contributed by atoms with E-state index in [1.807, 2.05) is 6.92 Å². The van der Waals surface area contributed by atoms with Crippen LogP contribution in [-0.2, 0) is 0 Å². The van der Waals surface area contributed by atoms with E-state index in [1.165, 1.54) is 0 Å². The molecule has 0 saturated carbocycles. The second-order valence-corrected chi connectivity index (χ2v) is 3.00. The zero-order valence-electron chi connectivity index (χ0n) is 8.73. The Hall–Kier alpha value is -0.870. The molecule has 0 amide bonds. The quantitative estimate of drug-likeness (QED) is 0.837. The fourth-order valence-corrected chi connectivity index (χ4v) is 1.07. The Labute approximate surface area is 100 Å². The predicted molar refractivity (Wildman–Crippen MR) is 65.9 cm³/mol. The molecule has 0 bridgehead atoms. The Morgan fingerprint density at radius 2 is 1.93 bits per heavy atom. The number of carbonyl (C=O) groups excluding carboxylic acids is 1. The van der Waals surface area contributed by atoms with Crippen molar-refractivity contribution >= 4 is 22.8 Å². The maximum atomic E-state index is 11.2. The second kappa shape index (κ2) is 7.43. The van der Waals surface area contributed by atoms with Crippen LogP contribution >= 0.6 is 17.0 Å². The van der Waals surface area contributed by atoms with Crippen molar-refractivity contribution in [2.45, 2.75) is 13.3 Å². The number of hydrogen-bond donors (Lipinski definition) is 1. The number of Topliss-reactive ketones (excluding diaryl/α,β-unsaturated/α-hetero) is 1. The molecular weight excluding hydrogens is 258 g/mol.